The first-order valence-electron chi connectivity index (χ1n) is 9.54. The summed E-state index contributed by atoms with van der Waals surface area (Å²) in [6, 6.07) is 10.7. The van der Waals surface area contributed by atoms with Crippen LogP contribution in [0.2, 0.25) is 0 Å². The number of phenols is 1. The van der Waals surface area contributed by atoms with Gasteiger partial charge in [0.2, 0.25) is 5.78 Å². The van der Waals surface area contributed by atoms with E-state index < -0.39 is 10.7 Å². The number of aromatic hydroxyl groups is 1. The Bertz CT molecular complexity index is 1040. The van der Waals surface area contributed by atoms with E-state index in [9.17, 15) is 25.3 Å². The Morgan fingerprint density at radius 3 is 2.03 bits per heavy atom. The van der Waals surface area contributed by atoms with Gasteiger partial charge in [0.25, 0.3) is 5.69 Å². The van der Waals surface area contributed by atoms with Crippen LogP contribution in [0.1, 0.15) is 68.6 Å². The van der Waals surface area contributed by atoms with Crippen molar-refractivity contribution in [1.82, 2.24) is 0 Å². The highest BCUT2D eigenvalue weighted by Crippen LogP contribution is 2.40. The minimum absolute atomic E-state index is 0.0721. The first kappa shape index (κ1) is 22.8. The van der Waals surface area contributed by atoms with Crippen molar-refractivity contribution in [2.24, 2.45) is 0 Å². The molecular weight excluding hydrogens is 380 g/mol. The molecule has 0 fully saturated rings. The molecule has 0 spiro atoms. The fourth-order valence-electron chi connectivity index (χ4n) is 3.12. The van der Waals surface area contributed by atoms with Crippen molar-refractivity contribution in [2.45, 2.75) is 52.4 Å². The van der Waals surface area contributed by atoms with Crippen molar-refractivity contribution in [1.29, 1.82) is 5.26 Å². The van der Waals surface area contributed by atoms with Gasteiger partial charge >= 0.3 is 0 Å². The molecule has 0 radical (unpaired) electrons. The second-order valence-electron chi connectivity index (χ2n) is 9.27. The van der Waals surface area contributed by atoms with Crippen LogP contribution in [0.25, 0.3) is 6.08 Å². The molecule has 0 heterocycles. The summed E-state index contributed by atoms with van der Waals surface area (Å²) in [6.07, 6.45) is 1.46. The number of rotatable bonds is 4. The zero-order valence-electron chi connectivity index (χ0n) is 18.1. The molecule has 2 aromatic carbocycles. The van der Waals surface area contributed by atoms with Crippen molar-refractivity contribution < 1.29 is 14.8 Å². The lowest BCUT2D eigenvalue weighted by Crippen LogP contribution is -2.17. The molecule has 0 atom stereocenters. The lowest BCUT2D eigenvalue weighted by Gasteiger charge is -2.28. The summed E-state index contributed by atoms with van der Waals surface area (Å²) in [7, 11) is 0. The minimum atomic E-state index is -0.594. The van der Waals surface area contributed by atoms with Crippen molar-refractivity contribution in [3.8, 4) is 11.8 Å². The summed E-state index contributed by atoms with van der Waals surface area (Å²) in [5, 5.41) is 31.4. The number of phenolic OH excluding ortho intramolecular Hbond substituents is 1. The van der Waals surface area contributed by atoms with Crippen LogP contribution in [0.4, 0.5) is 5.69 Å². The van der Waals surface area contributed by atoms with Gasteiger partial charge in [0.1, 0.15) is 17.4 Å². The second-order valence-corrected chi connectivity index (χ2v) is 9.27. The van der Waals surface area contributed by atoms with E-state index in [1.54, 1.807) is 12.1 Å². The van der Waals surface area contributed by atoms with Gasteiger partial charge in [-0.05, 0) is 34.6 Å². The van der Waals surface area contributed by atoms with E-state index in [1.807, 2.05) is 47.6 Å². The van der Waals surface area contributed by atoms with E-state index in [4.69, 9.17) is 0 Å². The van der Waals surface area contributed by atoms with Crippen LogP contribution in [0.15, 0.2) is 42.0 Å². The Labute approximate surface area is 176 Å². The third kappa shape index (κ3) is 4.93. The largest absolute Gasteiger partial charge is 0.507 e. The van der Waals surface area contributed by atoms with Crippen LogP contribution >= 0.6 is 0 Å². The molecular formula is C24H26N2O4. The first-order chi connectivity index (χ1) is 13.8. The summed E-state index contributed by atoms with van der Waals surface area (Å²) in [6.45, 7) is 11.8. The molecule has 0 aromatic heterocycles. The minimum Gasteiger partial charge on any atom is -0.507 e. The Morgan fingerprint density at radius 2 is 1.60 bits per heavy atom. The highest BCUT2D eigenvalue weighted by atomic mass is 16.6. The molecule has 2 rings (SSSR count). The molecule has 6 heteroatoms. The summed E-state index contributed by atoms with van der Waals surface area (Å²) >= 11 is 0. The zero-order chi connectivity index (χ0) is 22.9. The van der Waals surface area contributed by atoms with Gasteiger partial charge in [0.15, 0.2) is 0 Å². The normalized spacial score (nSPS) is 12.4. The van der Waals surface area contributed by atoms with Crippen LogP contribution in [0.3, 0.4) is 0 Å². The third-order valence-corrected chi connectivity index (χ3v) is 4.74. The van der Waals surface area contributed by atoms with E-state index in [0.717, 1.165) is 6.07 Å². The van der Waals surface area contributed by atoms with Gasteiger partial charge in [-0.25, -0.2) is 0 Å². The molecule has 0 aliphatic rings. The Balaban J connectivity index is 2.64. The van der Waals surface area contributed by atoms with Crippen molar-refractivity contribution >= 4 is 17.5 Å². The molecule has 0 bridgehead atoms. The Kier molecular flexibility index (Phi) is 6.17. The van der Waals surface area contributed by atoms with Gasteiger partial charge < -0.3 is 5.11 Å². The van der Waals surface area contributed by atoms with Gasteiger partial charge in [0, 0.05) is 28.8 Å². The van der Waals surface area contributed by atoms with Crippen LogP contribution in [0.5, 0.6) is 5.75 Å². The first-order valence-corrected chi connectivity index (χ1v) is 9.54. The van der Waals surface area contributed by atoms with Crippen molar-refractivity contribution in [3.05, 3.63) is 74.3 Å². The van der Waals surface area contributed by atoms with E-state index >= 15 is 0 Å². The van der Waals surface area contributed by atoms with Gasteiger partial charge in [-0.1, -0.05) is 53.7 Å². The topological polar surface area (TPSA) is 104 Å². The maximum atomic E-state index is 12.8. The number of nitro groups is 1. The molecule has 1 N–H and O–H groups in total. The predicted octanol–water partition coefficient (Wildman–Crippen LogP) is 5.69. The van der Waals surface area contributed by atoms with Crippen molar-refractivity contribution in [2.75, 3.05) is 0 Å². The molecule has 0 amide bonds. The molecule has 0 saturated carbocycles. The number of ketones is 1. The maximum Gasteiger partial charge on any atom is 0.270 e. The van der Waals surface area contributed by atoms with Crippen LogP contribution in [0, 0.1) is 21.4 Å². The molecule has 0 saturated heterocycles. The van der Waals surface area contributed by atoms with Gasteiger partial charge in [-0.2, -0.15) is 5.26 Å². The maximum absolute atomic E-state index is 12.8. The number of nitro benzene ring substituents is 1. The number of Topliss-reactive ketones (excluding diaryl/α,β-unsaturated/α-hetero) is 1. The van der Waals surface area contributed by atoms with Gasteiger partial charge in [-0.3, -0.25) is 14.9 Å². The van der Waals surface area contributed by atoms with E-state index in [0.29, 0.717) is 16.7 Å². The standard InChI is InChI=1S/C24H26N2O4/c1-23(2,3)19-11-15(12-20(22(19)28)24(4,5)6)10-17(14-25)21(27)16-8-7-9-18(13-16)26(29)30/h7-13,28H,1-6H3/b17-10+. The van der Waals surface area contributed by atoms with Gasteiger partial charge in [0.05, 0.1) is 4.92 Å². The Morgan fingerprint density at radius 1 is 1.07 bits per heavy atom. The lowest BCUT2D eigenvalue weighted by atomic mass is 9.78. The number of hydrogen-bond donors (Lipinski definition) is 1. The van der Waals surface area contributed by atoms with E-state index in [2.05, 4.69) is 0 Å². The Hall–Kier alpha value is -3.46. The average molecular weight is 406 g/mol. The highest BCUT2D eigenvalue weighted by Gasteiger charge is 2.26. The van der Waals surface area contributed by atoms with E-state index in [1.165, 1.54) is 24.3 Å². The number of benzene rings is 2. The third-order valence-electron chi connectivity index (χ3n) is 4.74. The number of carbonyl (C=O) groups is 1. The molecule has 2 aromatic rings. The summed E-state index contributed by atoms with van der Waals surface area (Å²) < 4.78 is 0. The van der Waals surface area contributed by atoms with Crippen LogP contribution < -0.4 is 0 Å². The zero-order valence-corrected chi connectivity index (χ0v) is 18.1. The summed E-state index contributed by atoms with van der Waals surface area (Å²) in [5.41, 5.74) is 1.03. The monoisotopic (exact) mass is 406 g/mol. The van der Waals surface area contributed by atoms with Gasteiger partial charge in [-0.15, -0.1) is 0 Å². The predicted molar refractivity (Wildman–Crippen MR) is 117 cm³/mol. The van der Waals surface area contributed by atoms with E-state index in [-0.39, 0.29) is 33.4 Å². The molecule has 30 heavy (non-hydrogen) atoms. The van der Waals surface area contributed by atoms with Crippen LogP contribution in [-0.2, 0) is 10.8 Å². The number of carbonyl (C=O) groups excluding carboxylic acids is 1. The molecule has 0 aliphatic heterocycles. The number of allylic oxidation sites excluding steroid dienone is 1. The fourth-order valence-corrected chi connectivity index (χ4v) is 3.12. The quantitative estimate of drug-likeness (QED) is 0.231. The molecule has 6 nitrogen and oxygen atoms in total. The van der Waals surface area contributed by atoms with Crippen LogP contribution in [-0.4, -0.2) is 15.8 Å². The number of hydrogen-bond acceptors (Lipinski definition) is 5. The number of nitrogens with zero attached hydrogens (tertiary/aromatic N) is 2. The summed E-state index contributed by atoms with van der Waals surface area (Å²) in [5.74, 6) is -0.389. The molecule has 0 unspecified atom stereocenters. The highest BCUT2D eigenvalue weighted by molar-refractivity contribution is 6.14. The second kappa shape index (κ2) is 8.11. The average Bonchev–Trinajstić information content (AvgIpc) is 2.64. The molecule has 156 valence electrons. The van der Waals surface area contributed by atoms with Crippen molar-refractivity contribution in [3.63, 3.8) is 0 Å². The fraction of sp³-hybridized carbons (Fsp3) is 0.333. The number of nitriles is 1. The smallest absolute Gasteiger partial charge is 0.270 e. The number of non-ortho nitro benzene ring substituents is 1. The summed E-state index contributed by atoms with van der Waals surface area (Å²) in [4.78, 5) is 23.2. The molecule has 0 aliphatic carbocycles. The SMILES string of the molecule is CC(C)(C)c1cc(/C=C(\C#N)C(=O)c2cccc([N+](=O)[O-])c2)cc(C(C)(C)C)c1O. The lowest BCUT2D eigenvalue weighted by molar-refractivity contribution is -0.384.